The molecule has 0 amide bonds. The van der Waals surface area contributed by atoms with E-state index in [0.29, 0.717) is 6.04 Å². The molecule has 2 rings (SSSR count). The van der Waals surface area contributed by atoms with Gasteiger partial charge in [-0.1, -0.05) is 140 Å². The normalized spacial score (nSPS) is 23.8. The molecule has 3 heteroatoms. The van der Waals surface area contributed by atoms with E-state index in [9.17, 15) is 0 Å². The number of fused-ring (bicyclic) bond motifs is 1. The molecule has 2 fully saturated rings. The number of ether oxygens (including phenoxy) is 2. The number of hydrogen-bond acceptors (Lipinski definition) is 3. The van der Waals surface area contributed by atoms with Gasteiger partial charge >= 0.3 is 0 Å². The molecule has 3 atom stereocenters. The fraction of sp³-hybridized carbons (Fsp3) is 0.814. The molecule has 46 heavy (non-hydrogen) atoms. The number of rotatable bonds is 30. The molecule has 0 bridgehead atoms. The Labute approximate surface area is 287 Å². The zero-order chi connectivity index (χ0) is 33.0. The molecular formula is C43H77NO2. The van der Waals surface area contributed by atoms with Crippen LogP contribution in [-0.4, -0.2) is 42.5 Å². The van der Waals surface area contributed by atoms with Crippen LogP contribution >= 0.6 is 0 Å². The van der Waals surface area contributed by atoms with Crippen molar-refractivity contribution in [3.8, 4) is 0 Å². The van der Waals surface area contributed by atoms with Crippen molar-refractivity contribution in [2.75, 3.05) is 13.6 Å². The van der Waals surface area contributed by atoms with Crippen LogP contribution in [0.5, 0.6) is 0 Å². The molecule has 2 aliphatic heterocycles. The van der Waals surface area contributed by atoms with E-state index in [1.165, 1.54) is 141 Å². The van der Waals surface area contributed by atoms with Crippen molar-refractivity contribution in [1.82, 2.24) is 4.90 Å². The van der Waals surface area contributed by atoms with E-state index in [4.69, 9.17) is 9.47 Å². The highest BCUT2D eigenvalue weighted by Crippen LogP contribution is 2.42. The molecule has 2 heterocycles. The van der Waals surface area contributed by atoms with Crippen LogP contribution in [0.2, 0.25) is 0 Å². The Kier molecular flexibility index (Phi) is 24.7. The van der Waals surface area contributed by atoms with Crippen LogP contribution in [0.15, 0.2) is 48.6 Å². The predicted molar refractivity (Wildman–Crippen MR) is 203 cm³/mol. The smallest absolute Gasteiger partial charge is 0.169 e. The molecule has 266 valence electrons. The Hall–Kier alpha value is -1.16. The van der Waals surface area contributed by atoms with E-state index in [1.807, 2.05) is 0 Å². The highest BCUT2D eigenvalue weighted by Gasteiger charge is 2.53. The average molecular weight is 640 g/mol. The highest BCUT2D eigenvalue weighted by atomic mass is 16.8. The summed E-state index contributed by atoms with van der Waals surface area (Å²) in [5, 5.41) is 0. The minimum Gasteiger partial charge on any atom is -0.343 e. The van der Waals surface area contributed by atoms with Gasteiger partial charge in [-0.2, -0.15) is 0 Å². The molecule has 0 saturated carbocycles. The van der Waals surface area contributed by atoms with Gasteiger partial charge in [0.15, 0.2) is 5.79 Å². The molecule has 0 unspecified atom stereocenters. The van der Waals surface area contributed by atoms with Gasteiger partial charge in [0.25, 0.3) is 0 Å². The van der Waals surface area contributed by atoms with Gasteiger partial charge in [0, 0.05) is 25.4 Å². The van der Waals surface area contributed by atoms with E-state index in [-0.39, 0.29) is 18.0 Å². The van der Waals surface area contributed by atoms with Crippen molar-refractivity contribution in [2.45, 2.75) is 212 Å². The first-order valence-electron chi connectivity index (χ1n) is 20.3. The zero-order valence-electron chi connectivity index (χ0n) is 31.2. The van der Waals surface area contributed by atoms with Gasteiger partial charge in [-0.05, 0) is 91.0 Å². The summed E-state index contributed by atoms with van der Waals surface area (Å²) < 4.78 is 13.6. The van der Waals surface area contributed by atoms with Crippen LogP contribution in [0.25, 0.3) is 0 Å². The van der Waals surface area contributed by atoms with Gasteiger partial charge in [0.2, 0.25) is 0 Å². The van der Waals surface area contributed by atoms with Crippen LogP contribution in [0.3, 0.4) is 0 Å². The van der Waals surface area contributed by atoms with Gasteiger partial charge < -0.3 is 9.47 Å². The second-order valence-corrected chi connectivity index (χ2v) is 14.5. The zero-order valence-corrected chi connectivity index (χ0v) is 31.2. The Morgan fingerprint density at radius 2 is 0.913 bits per heavy atom. The summed E-state index contributed by atoms with van der Waals surface area (Å²) in [4.78, 5) is 2.40. The van der Waals surface area contributed by atoms with E-state index in [1.54, 1.807) is 0 Å². The van der Waals surface area contributed by atoms with Gasteiger partial charge in [-0.25, -0.2) is 0 Å². The molecule has 0 aromatic heterocycles. The lowest BCUT2D eigenvalue weighted by atomic mass is 9.98. The summed E-state index contributed by atoms with van der Waals surface area (Å²) in [6.45, 7) is 7.87. The SMILES string of the molecule is CCCCCC=CCC=CCCCCCCCCC1(CCCCCCCCC=CCC=CCCCCC)O[C@H]2[C@H](CN(C)[C@H]2C)O1. The van der Waals surface area contributed by atoms with Crippen LogP contribution in [-0.2, 0) is 9.47 Å². The second-order valence-electron chi connectivity index (χ2n) is 14.5. The first-order valence-corrected chi connectivity index (χ1v) is 20.3. The van der Waals surface area contributed by atoms with E-state index >= 15 is 0 Å². The molecular weight excluding hydrogens is 562 g/mol. The maximum atomic E-state index is 6.82. The average Bonchev–Trinajstić information content (AvgIpc) is 3.53. The molecule has 3 nitrogen and oxygen atoms in total. The van der Waals surface area contributed by atoms with Crippen LogP contribution in [0.1, 0.15) is 188 Å². The number of likely N-dealkylation sites (N-methyl/N-ethyl adjacent to an activating group) is 1. The largest absolute Gasteiger partial charge is 0.343 e. The molecule has 0 aromatic rings. The maximum absolute atomic E-state index is 6.82. The lowest BCUT2D eigenvalue weighted by molar-refractivity contribution is -0.197. The van der Waals surface area contributed by atoms with Crippen molar-refractivity contribution in [2.24, 2.45) is 0 Å². The van der Waals surface area contributed by atoms with Crippen LogP contribution in [0.4, 0.5) is 0 Å². The van der Waals surface area contributed by atoms with Crippen LogP contribution < -0.4 is 0 Å². The lowest BCUT2D eigenvalue weighted by Gasteiger charge is -2.31. The Bertz CT molecular complexity index is 766. The first-order chi connectivity index (χ1) is 22.6. The highest BCUT2D eigenvalue weighted by molar-refractivity contribution is 4.98. The standard InChI is InChI=1S/C43H77NO2/c1-5-7-9-11-13-15-17-19-21-23-25-27-29-31-33-35-37-43(45-41-39-44(4)40(3)42(41)46-43)38-36-34-32-30-28-26-24-22-20-18-16-14-12-10-8-6-2/h13-16,19-22,40-42H,5-12,17-18,23-39H2,1-4H3/t40-,41-,42+,43?/m0/s1. The van der Waals surface area contributed by atoms with E-state index in [0.717, 1.165) is 32.2 Å². The second kappa shape index (κ2) is 27.8. The number of allylic oxidation sites excluding steroid dienone is 8. The lowest BCUT2D eigenvalue weighted by Crippen LogP contribution is -2.37. The quantitative estimate of drug-likeness (QED) is 0.0576. The number of likely N-dealkylation sites (tertiary alicyclic amines) is 1. The van der Waals surface area contributed by atoms with Gasteiger partial charge in [-0.15, -0.1) is 0 Å². The van der Waals surface area contributed by atoms with E-state index < -0.39 is 0 Å². The summed E-state index contributed by atoms with van der Waals surface area (Å²) >= 11 is 0. The fourth-order valence-corrected chi connectivity index (χ4v) is 7.07. The van der Waals surface area contributed by atoms with E-state index in [2.05, 4.69) is 81.3 Å². The summed E-state index contributed by atoms with van der Waals surface area (Å²) in [7, 11) is 2.21. The molecule has 0 N–H and O–H groups in total. The van der Waals surface area contributed by atoms with Crippen molar-refractivity contribution in [3.05, 3.63) is 48.6 Å². The molecule has 2 aliphatic rings. The Morgan fingerprint density at radius 1 is 0.522 bits per heavy atom. The third-order valence-electron chi connectivity index (χ3n) is 10.2. The monoisotopic (exact) mass is 640 g/mol. The van der Waals surface area contributed by atoms with Crippen molar-refractivity contribution < 1.29 is 9.47 Å². The summed E-state index contributed by atoms with van der Waals surface area (Å²) in [6, 6.07) is 0.457. The maximum Gasteiger partial charge on any atom is 0.169 e. The van der Waals surface area contributed by atoms with Crippen molar-refractivity contribution in [3.63, 3.8) is 0 Å². The van der Waals surface area contributed by atoms with Gasteiger partial charge in [0.1, 0.15) is 12.2 Å². The summed E-state index contributed by atoms with van der Waals surface area (Å²) in [5.41, 5.74) is 0. The first kappa shape index (κ1) is 41.0. The summed E-state index contributed by atoms with van der Waals surface area (Å²) in [5.74, 6) is -0.324. The van der Waals surface area contributed by atoms with Crippen LogP contribution in [0, 0.1) is 0 Å². The number of hydrogen-bond donors (Lipinski definition) is 0. The topological polar surface area (TPSA) is 21.7 Å². The molecule has 0 aliphatic carbocycles. The number of unbranched alkanes of at least 4 members (excludes halogenated alkanes) is 18. The van der Waals surface area contributed by atoms with Gasteiger partial charge in [0.05, 0.1) is 0 Å². The fourth-order valence-electron chi connectivity index (χ4n) is 7.07. The Balaban J connectivity index is 1.53. The summed E-state index contributed by atoms with van der Waals surface area (Å²) in [6.07, 6.45) is 52.5. The minimum atomic E-state index is -0.324. The van der Waals surface area contributed by atoms with Gasteiger partial charge in [-0.3, -0.25) is 4.90 Å². The molecule has 0 aromatic carbocycles. The molecule has 0 radical (unpaired) electrons. The number of nitrogens with zero attached hydrogens (tertiary/aromatic N) is 1. The molecule has 2 saturated heterocycles. The predicted octanol–water partition coefficient (Wildman–Crippen LogP) is 13.2. The third kappa shape index (κ3) is 19.0. The third-order valence-corrected chi connectivity index (χ3v) is 10.2. The van der Waals surface area contributed by atoms with Crippen molar-refractivity contribution >= 4 is 0 Å². The Morgan fingerprint density at radius 3 is 1.33 bits per heavy atom. The minimum absolute atomic E-state index is 0.249. The molecule has 0 spiro atoms. The van der Waals surface area contributed by atoms with Crippen molar-refractivity contribution in [1.29, 1.82) is 0 Å².